The van der Waals surface area contributed by atoms with Gasteiger partial charge in [0.25, 0.3) is 0 Å². The van der Waals surface area contributed by atoms with E-state index in [0.29, 0.717) is 16.6 Å². The standard InChI is InChI=1S/C37H39ClN2O4/c1-26-21-34(41)40(35(26)42)33-18-8-6-16-30(33)36(43)44-25-37-19-9-15-29(31(37)22-28-14-5-7-17-32(28)38)23-39(24-37)20-10-13-27-11-3-2-4-12-27/h2-8,11-12,14,16-18,22,26,29H,9-10,13,15,19-21,23-25H2,1H3/b31-22+/t26?,29-,37+/m0/s1. The number of amides is 2. The molecule has 44 heavy (non-hydrogen) atoms. The minimum absolute atomic E-state index is 0.142. The van der Waals surface area contributed by atoms with Crippen LogP contribution >= 0.6 is 11.6 Å². The van der Waals surface area contributed by atoms with Crippen LogP contribution in [0.5, 0.6) is 0 Å². The molecule has 1 unspecified atom stereocenters. The Hall–Kier alpha value is -3.74. The summed E-state index contributed by atoms with van der Waals surface area (Å²) in [4.78, 5) is 42.9. The van der Waals surface area contributed by atoms with Gasteiger partial charge in [0, 0.05) is 35.9 Å². The maximum absolute atomic E-state index is 13.7. The van der Waals surface area contributed by atoms with Gasteiger partial charge in [-0.05, 0) is 67.5 Å². The zero-order valence-electron chi connectivity index (χ0n) is 25.2. The minimum Gasteiger partial charge on any atom is -0.461 e. The Bertz CT molecular complexity index is 1570. The fourth-order valence-corrected chi connectivity index (χ4v) is 7.49. The van der Waals surface area contributed by atoms with Crippen LogP contribution in [0.4, 0.5) is 5.69 Å². The van der Waals surface area contributed by atoms with Crippen LogP contribution in [-0.4, -0.2) is 48.9 Å². The highest BCUT2D eigenvalue weighted by molar-refractivity contribution is 6.32. The van der Waals surface area contributed by atoms with E-state index in [1.807, 2.05) is 30.3 Å². The predicted molar refractivity (Wildman–Crippen MR) is 173 cm³/mol. The zero-order valence-corrected chi connectivity index (χ0v) is 26.0. The molecule has 2 aliphatic heterocycles. The van der Waals surface area contributed by atoms with Crippen LogP contribution < -0.4 is 4.90 Å². The molecule has 0 radical (unpaired) electrons. The molecular formula is C37H39ClN2O4. The Morgan fingerprint density at radius 3 is 2.55 bits per heavy atom. The number of benzene rings is 3. The lowest BCUT2D eigenvalue weighted by Gasteiger charge is -2.51. The highest BCUT2D eigenvalue weighted by Gasteiger charge is 2.47. The van der Waals surface area contributed by atoms with Gasteiger partial charge in [0.1, 0.15) is 6.61 Å². The van der Waals surface area contributed by atoms with Crippen LogP contribution in [-0.2, 0) is 20.7 Å². The van der Waals surface area contributed by atoms with Gasteiger partial charge in [-0.1, -0.05) is 97.3 Å². The Labute approximate surface area is 264 Å². The highest BCUT2D eigenvalue weighted by atomic mass is 35.5. The molecule has 1 aliphatic carbocycles. The monoisotopic (exact) mass is 610 g/mol. The lowest BCUT2D eigenvalue weighted by atomic mass is 9.62. The van der Waals surface area contributed by atoms with Gasteiger partial charge in [-0.2, -0.15) is 0 Å². The van der Waals surface area contributed by atoms with Crippen LogP contribution in [0.25, 0.3) is 6.08 Å². The number of rotatable bonds is 9. The van der Waals surface area contributed by atoms with Crippen molar-refractivity contribution in [3.8, 4) is 0 Å². The lowest BCUT2D eigenvalue weighted by Crippen LogP contribution is -2.53. The van der Waals surface area contributed by atoms with Gasteiger partial charge >= 0.3 is 5.97 Å². The van der Waals surface area contributed by atoms with Crippen molar-refractivity contribution in [2.45, 2.75) is 45.4 Å². The summed E-state index contributed by atoms with van der Waals surface area (Å²) in [5, 5.41) is 0.707. The molecule has 0 aromatic heterocycles. The van der Waals surface area contributed by atoms with Crippen molar-refractivity contribution in [3.63, 3.8) is 0 Å². The number of halogens is 1. The molecule has 7 heteroatoms. The molecule has 3 aromatic carbocycles. The van der Waals surface area contributed by atoms with Crippen molar-refractivity contribution >= 4 is 41.1 Å². The molecule has 2 saturated heterocycles. The number of nitrogens with zero attached hydrogens (tertiary/aromatic N) is 2. The summed E-state index contributed by atoms with van der Waals surface area (Å²) in [5.41, 5.74) is 3.81. The zero-order chi connectivity index (χ0) is 30.7. The number of carbonyl (C=O) groups excluding carboxylic acids is 3. The third-order valence-corrected chi connectivity index (χ3v) is 9.82. The lowest BCUT2D eigenvalue weighted by molar-refractivity contribution is -0.122. The minimum atomic E-state index is -0.518. The van der Waals surface area contributed by atoms with E-state index < -0.39 is 11.9 Å². The first kappa shape index (κ1) is 30.3. The van der Waals surface area contributed by atoms with E-state index in [4.69, 9.17) is 16.3 Å². The molecule has 2 amide bonds. The number of anilines is 1. The Morgan fingerprint density at radius 1 is 1.02 bits per heavy atom. The maximum Gasteiger partial charge on any atom is 0.340 e. The summed E-state index contributed by atoms with van der Waals surface area (Å²) < 4.78 is 6.17. The number of hydrogen-bond acceptors (Lipinski definition) is 5. The first-order chi connectivity index (χ1) is 21.3. The summed E-state index contributed by atoms with van der Waals surface area (Å²) in [6.45, 7) is 4.70. The Balaban J connectivity index is 1.26. The molecule has 2 bridgehead atoms. The second-order valence-electron chi connectivity index (χ2n) is 12.6. The molecule has 3 aliphatic rings. The number of hydrogen-bond donors (Lipinski definition) is 0. The second kappa shape index (κ2) is 13.1. The van der Waals surface area contributed by atoms with Crippen molar-refractivity contribution in [2.24, 2.45) is 17.3 Å². The molecule has 0 spiro atoms. The fraction of sp³-hybridized carbons (Fsp3) is 0.378. The van der Waals surface area contributed by atoms with Gasteiger partial charge in [-0.25, -0.2) is 9.69 Å². The smallest absolute Gasteiger partial charge is 0.340 e. The van der Waals surface area contributed by atoms with Crippen LogP contribution in [0.1, 0.15) is 60.5 Å². The van der Waals surface area contributed by atoms with Crippen molar-refractivity contribution in [1.82, 2.24) is 4.90 Å². The largest absolute Gasteiger partial charge is 0.461 e. The van der Waals surface area contributed by atoms with Crippen LogP contribution in [0.3, 0.4) is 0 Å². The molecule has 3 atom stereocenters. The topological polar surface area (TPSA) is 66.9 Å². The summed E-state index contributed by atoms with van der Waals surface area (Å²) >= 11 is 6.62. The Morgan fingerprint density at radius 2 is 1.77 bits per heavy atom. The van der Waals surface area contributed by atoms with Crippen LogP contribution in [0.15, 0.2) is 84.4 Å². The van der Waals surface area contributed by atoms with Gasteiger partial charge in [-0.15, -0.1) is 0 Å². The summed E-state index contributed by atoms with van der Waals surface area (Å²) in [6.07, 6.45) is 7.51. The highest BCUT2D eigenvalue weighted by Crippen LogP contribution is 2.50. The third-order valence-electron chi connectivity index (χ3n) is 9.48. The number of aryl methyl sites for hydroxylation is 1. The molecule has 3 fully saturated rings. The third kappa shape index (κ3) is 6.24. The van der Waals surface area contributed by atoms with E-state index in [0.717, 1.165) is 62.2 Å². The van der Waals surface area contributed by atoms with Crippen molar-refractivity contribution in [2.75, 3.05) is 31.1 Å². The molecule has 228 valence electrons. The van der Waals surface area contributed by atoms with Crippen molar-refractivity contribution in [3.05, 3.63) is 106 Å². The Kier molecular flexibility index (Phi) is 9.01. The molecule has 6 nitrogen and oxygen atoms in total. The van der Waals surface area contributed by atoms with E-state index in [-0.39, 0.29) is 35.8 Å². The van der Waals surface area contributed by atoms with E-state index in [2.05, 4.69) is 35.2 Å². The van der Waals surface area contributed by atoms with Crippen LogP contribution in [0.2, 0.25) is 5.02 Å². The number of fused-ring (bicyclic) bond motifs is 2. The molecule has 2 heterocycles. The first-order valence-electron chi connectivity index (χ1n) is 15.7. The molecular weight excluding hydrogens is 572 g/mol. The second-order valence-corrected chi connectivity index (χ2v) is 13.0. The number of para-hydroxylation sites is 1. The average molecular weight is 611 g/mol. The van der Waals surface area contributed by atoms with Crippen molar-refractivity contribution in [1.29, 1.82) is 0 Å². The predicted octanol–water partition coefficient (Wildman–Crippen LogP) is 7.21. The first-order valence-corrected chi connectivity index (χ1v) is 16.1. The SMILES string of the molecule is CC1CC(=O)N(c2ccccc2C(=O)OC[C@@]23CCC[C@@H](CN(CCCc4ccccc4)C2)/C3=C\c2ccccc2Cl)C1=O. The quantitative estimate of drug-likeness (QED) is 0.189. The molecule has 3 aromatic rings. The summed E-state index contributed by atoms with van der Waals surface area (Å²) in [6, 6.07) is 25.2. The number of carbonyl (C=O) groups is 3. The van der Waals surface area contributed by atoms with Gasteiger partial charge in [0.2, 0.25) is 11.8 Å². The maximum atomic E-state index is 13.7. The van der Waals surface area contributed by atoms with E-state index >= 15 is 0 Å². The molecule has 0 N–H and O–H groups in total. The normalized spacial score (nSPS) is 24.6. The number of likely N-dealkylation sites (tertiary alicyclic amines) is 1. The number of imide groups is 1. The van der Waals surface area contributed by atoms with Gasteiger partial charge < -0.3 is 9.64 Å². The van der Waals surface area contributed by atoms with Crippen LogP contribution in [0, 0.1) is 17.3 Å². The van der Waals surface area contributed by atoms with Gasteiger partial charge in [0.05, 0.1) is 11.3 Å². The van der Waals surface area contributed by atoms with Crippen molar-refractivity contribution < 1.29 is 19.1 Å². The van der Waals surface area contributed by atoms with E-state index in [1.54, 1.807) is 31.2 Å². The molecule has 1 saturated carbocycles. The average Bonchev–Trinajstić information content (AvgIpc) is 3.28. The number of esters is 1. The summed E-state index contributed by atoms with van der Waals surface area (Å²) in [7, 11) is 0. The van der Waals surface area contributed by atoms with E-state index in [1.165, 1.54) is 11.1 Å². The van der Waals surface area contributed by atoms with E-state index in [9.17, 15) is 14.4 Å². The number of ether oxygens (including phenoxy) is 1. The number of piperidine rings is 1. The van der Waals surface area contributed by atoms with Gasteiger partial charge in [0.15, 0.2) is 0 Å². The van der Waals surface area contributed by atoms with Gasteiger partial charge in [-0.3, -0.25) is 9.59 Å². The fourth-order valence-electron chi connectivity index (χ4n) is 7.30. The summed E-state index contributed by atoms with van der Waals surface area (Å²) in [5.74, 6) is -1.15. The molecule has 6 rings (SSSR count).